The van der Waals surface area contributed by atoms with E-state index >= 15 is 0 Å². The molecule has 1 heterocycles. The van der Waals surface area contributed by atoms with Crippen LogP contribution in [0.15, 0.2) is 18.2 Å². The number of hydrogen-bond donors (Lipinski definition) is 1. The Hall–Kier alpha value is -1.79. The van der Waals surface area contributed by atoms with Gasteiger partial charge in [-0.15, -0.1) is 10.2 Å². The van der Waals surface area contributed by atoms with Gasteiger partial charge in [-0.25, -0.2) is 0 Å². The molecule has 0 amide bonds. The molecule has 100 valence electrons. The number of rotatable bonds is 4. The van der Waals surface area contributed by atoms with Gasteiger partial charge in [0.05, 0.1) is 19.9 Å². The van der Waals surface area contributed by atoms with Crippen LogP contribution in [0.2, 0.25) is 10.4 Å². The topological polar surface area (TPSA) is 69.2 Å². The molecule has 8 heteroatoms. The Bertz CT molecular complexity index is 595. The Morgan fingerprint density at radius 1 is 1.11 bits per heavy atom. The van der Waals surface area contributed by atoms with Gasteiger partial charge in [0.25, 0.3) is 0 Å². The van der Waals surface area contributed by atoms with Gasteiger partial charge in [0, 0.05) is 6.07 Å². The van der Waals surface area contributed by atoms with Crippen LogP contribution in [0.25, 0.3) is 0 Å². The van der Waals surface area contributed by atoms with E-state index in [-0.39, 0.29) is 16.3 Å². The maximum atomic E-state index is 5.89. The Morgan fingerprint density at radius 3 is 2.58 bits per heavy atom. The zero-order valence-corrected chi connectivity index (χ0v) is 11.7. The van der Waals surface area contributed by atoms with Crippen molar-refractivity contribution in [1.29, 1.82) is 0 Å². The largest absolute Gasteiger partial charge is 0.497 e. The van der Waals surface area contributed by atoms with Crippen LogP contribution in [0.3, 0.4) is 0 Å². The first-order chi connectivity index (χ1) is 9.13. The van der Waals surface area contributed by atoms with Crippen LogP contribution in [0.4, 0.5) is 11.5 Å². The third-order valence-electron chi connectivity index (χ3n) is 2.28. The molecule has 0 radical (unpaired) electrons. The van der Waals surface area contributed by atoms with Crippen molar-refractivity contribution in [2.45, 2.75) is 0 Å². The summed E-state index contributed by atoms with van der Waals surface area (Å²) < 4.78 is 10.4. The molecule has 2 aromatic rings. The number of hydrogen-bond acceptors (Lipinski definition) is 6. The molecule has 0 saturated heterocycles. The fourth-order valence-electron chi connectivity index (χ4n) is 1.41. The fourth-order valence-corrected chi connectivity index (χ4v) is 1.66. The summed E-state index contributed by atoms with van der Waals surface area (Å²) in [5.74, 6) is 1.55. The summed E-state index contributed by atoms with van der Waals surface area (Å²) in [6.45, 7) is 0. The quantitative estimate of drug-likeness (QED) is 0.936. The van der Waals surface area contributed by atoms with Gasteiger partial charge in [-0.05, 0) is 23.7 Å². The van der Waals surface area contributed by atoms with E-state index in [9.17, 15) is 0 Å². The van der Waals surface area contributed by atoms with Crippen LogP contribution in [0.5, 0.6) is 11.5 Å². The number of ether oxygens (including phenoxy) is 2. The smallest absolute Gasteiger partial charge is 0.245 e. The molecule has 1 N–H and O–H groups in total. The summed E-state index contributed by atoms with van der Waals surface area (Å²) in [4.78, 5) is 3.95. The van der Waals surface area contributed by atoms with Crippen LogP contribution in [0.1, 0.15) is 0 Å². The molecule has 0 unspecified atom stereocenters. The third-order valence-corrected chi connectivity index (χ3v) is 2.69. The summed E-state index contributed by atoms with van der Waals surface area (Å²) in [5, 5.41) is 10.3. The average Bonchev–Trinajstić information content (AvgIpc) is 2.42. The van der Waals surface area contributed by atoms with Crippen molar-refractivity contribution >= 4 is 34.7 Å². The summed E-state index contributed by atoms with van der Waals surface area (Å²) in [5.41, 5.74) is 0.625. The van der Waals surface area contributed by atoms with E-state index in [0.29, 0.717) is 17.2 Å². The van der Waals surface area contributed by atoms with Gasteiger partial charge in [-0.2, -0.15) is 4.98 Å². The lowest BCUT2D eigenvalue weighted by Crippen LogP contribution is -2.01. The Morgan fingerprint density at radius 2 is 1.89 bits per heavy atom. The highest BCUT2D eigenvalue weighted by atomic mass is 35.5. The normalized spacial score (nSPS) is 10.1. The monoisotopic (exact) mass is 300 g/mol. The zero-order chi connectivity index (χ0) is 13.8. The highest BCUT2D eigenvalue weighted by Gasteiger charge is 2.10. The summed E-state index contributed by atoms with van der Waals surface area (Å²) in [6, 6.07) is 5.27. The second kappa shape index (κ2) is 5.90. The van der Waals surface area contributed by atoms with Gasteiger partial charge in [-0.3, -0.25) is 0 Å². The molecule has 6 nitrogen and oxygen atoms in total. The molecule has 2 rings (SSSR count). The fraction of sp³-hybridized carbons (Fsp3) is 0.182. The zero-order valence-electron chi connectivity index (χ0n) is 10.1. The number of anilines is 2. The Kier molecular flexibility index (Phi) is 4.24. The van der Waals surface area contributed by atoms with Crippen LogP contribution in [-0.4, -0.2) is 29.4 Å². The second-order valence-corrected chi connectivity index (χ2v) is 4.11. The standard InChI is InChI=1S/C11H10Cl2N4O2/c1-18-6-3-4-8(19-2)7(5-6)14-10-9(12)16-17-11(13)15-10/h3-5H,1-2H3,(H,14,15,17). The molecule has 0 aliphatic heterocycles. The molecule has 1 aromatic heterocycles. The first-order valence-electron chi connectivity index (χ1n) is 5.19. The molecule has 0 spiro atoms. The van der Waals surface area contributed by atoms with Crippen molar-refractivity contribution in [3.63, 3.8) is 0 Å². The van der Waals surface area contributed by atoms with Crippen molar-refractivity contribution in [3.8, 4) is 11.5 Å². The van der Waals surface area contributed by atoms with Gasteiger partial charge >= 0.3 is 0 Å². The first kappa shape index (κ1) is 13.6. The van der Waals surface area contributed by atoms with E-state index in [2.05, 4.69) is 20.5 Å². The van der Waals surface area contributed by atoms with Crippen molar-refractivity contribution in [3.05, 3.63) is 28.6 Å². The Labute approximate surface area is 119 Å². The van der Waals surface area contributed by atoms with Gasteiger partial charge < -0.3 is 14.8 Å². The van der Waals surface area contributed by atoms with Crippen molar-refractivity contribution in [2.75, 3.05) is 19.5 Å². The predicted molar refractivity (Wildman–Crippen MR) is 72.7 cm³/mol. The molecule has 0 aliphatic rings. The van der Waals surface area contributed by atoms with Crippen LogP contribution in [0, 0.1) is 0 Å². The van der Waals surface area contributed by atoms with E-state index in [1.165, 1.54) is 0 Å². The molecule has 0 bridgehead atoms. The van der Waals surface area contributed by atoms with Crippen LogP contribution >= 0.6 is 23.2 Å². The maximum absolute atomic E-state index is 5.89. The lowest BCUT2D eigenvalue weighted by atomic mass is 10.2. The second-order valence-electron chi connectivity index (χ2n) is 3.41. The minimum absolute atomic E-state index is 0.00578. The molecule has 0 aliphatic carbocycles. The van der Waals surface area contributed by atoms with Crippen LogP contribution in [-0.2, 0) is 0 Å². The third kappa shape index (κ3) is 3.15. The summed E-state index contributed by atoms with van der Waals surface area (Å²) >= 11 is 11.6. The lowest BCUT2D eigenvalue weighted by Gasteiger charge is -2.12. The van der Waals surface area contributed by atoms with Gasteiger partial charge in [0.1, 0.15) is 11.5 Å². The van der Waals surface area contributed by atoms with Gasteiger partial charge in [-0.1, -0.05) is 11.6 Å². The minimum Gasteiger partial charge on any atom is -0.497 e. The molecule has 1 aromatic carbocycles. The molecule has 0 atom stereocenters. The molecular formula is C11H10Cl2N4O2. The van der Waals surface area contributed by atoms with E-state index in [1.54, 1.807) is 32.4 Å². The van der Waals surface area contributed by atoms with Crippen molar-refractivity contribution in [1.82, 2.24) is 15.2 Å². The van der Waals surface area contributed by atoms with E-state index in [4.69, 9.17) is 32.7 Å². The molecule has 0 saturated carbocycles. The maximum Gasteiger partial charge on any atom is 0.245 e. The van der Waals surface area contributed by atoms with Gasteiger partial charge in [0.15, 0.2) is 11.0 Å². The number of nitrogens with zero attached hydrogens (tertiary/aromatic N) is 3. The number of benzene rings is 1. The van der Waals surface area contributed by atoms with Crippen molar-refractivity contribution in [2.24, 2.45) is 0 Å². The highest BCUT2D eigenvalue weighted by Crippen LogP contribution is 2.32. The number of nitrogens with one attached hydrogen (secondary N) is 1. The molecule has 19 heavy (non-hydrogen) atoms. The van der Waals surface area contributed by atoms with E-state index in [0.717, 1.165) is 0 Å². The molecular weight excluding hydrogens is 291 g/mol. The first-order valence-corrected chi connectivity index (χ1v) is 5.94. The molecule has 0 fully saturated rings. The van der Waals surface area contributed by atoms with Crippen molar-refractivity contribution < 1.29 is 9.47 Å². The predicted octanol–water partition coefficient (Wildman–Crippen LogP) is 2.94. The number of methoxy groups -OCH3 is 2. The lowest BCUT2D eigenvalue weighted by molar-refractivity contribution is 0.405. The Balaban J connectivity index is 2.38. The minimum atomic E-state index is -0.00578. The summed E-state index contributed by atoms with van der Waals surface area (Å²) in [6.07, 6.45) is 0. The van der Waals surface area contributed by atoms with E-state index < -0.39 is 0 Å². The average molecular weight is 301 g/mol. The highest BCUT2D eigenvalue weighted by molar-refractivity contribution is 6.32. The SMILES string of the molecule is COc1ccc(OC)c(Nc2nc(Cl)nnc2Cl)c1. The van der Waals surface area contributed by atoms with Gasteiger partial charge in [0.2, 0.25) is 5.28 Å². The number of halogens is 2. The number of aromatic nitrogens is 3. The van der Waals surface area contributed by atoms with Crippen LogP contribution < -0.4 is 14.8 Å². The summed E-state index contributed by atoms with van der Waals surface area (Å²) in [7, 11) is 3.13. The van der Waals surface area contributed by atoms with E-state index in [1.807, 2.05) is 0 Å².